The number of hydrogen-bond donors (Lipinski definition) is 2. The molecule has 2 N–H and O–H groups in total. The van der Waals surface area contributed by atoms with Crippen LogP contribution in [-0.2, 0) is 9.53 Å². The average molecular weight is 260 g/mol. The fourth-order valence-corrected chi connectivity index (χ4v) is 1.68. The lowest BCUT2D eigenvalue weighted by molar-refractivity contribution is -0.119. The fourth-order valence-electron chi connectivity index (χ4n) is 1.68. The summed E-state index contributed by atoms with van der Waals surface area (Å²) >= 11 is 0. The summed E-state index contributed by atoms with van der Waals surface area (Å²) in [4.78, 5) is 11.5. The molecule has 0 atom stereocenters. The Balaban J connectivity index is 1.96. The van der Waals surface area contributed by atoms with Crippen molar-refractivity contribution < 1.29 is 9.53 Å². The van der Waals surface area contributed by atoms with Crippen molar-refractivity contribution in [3.05, 3.63) is 30.5 Å². The number of benzene rings is 1. The second kappa shape index (κ2) is 6.65. The number of fused-ring (bicyclic) bond motifs is 1. The van der Waals surface area contributed by atoms with Crippen molar-refractivity contribution in [1.29, 1.82) is 0 Å². The number of ether oxygens (including phenoxy) is 1. The molecule has 0 radical (unpaired) electrons. The Labute approximate surface area is 111 Å². The van der Waals surface area contributed by atoms with Crippen molar-refractivity contribution in [2.75, 3.05) is 32.1 Å². The molecule has 2 aromatic rings. The Morgan fingerprint density at radius 3 is 3.05 bits per heavy atom. The van der Waals surface area contributed by atoms with Crippen LogP contribution in [0.15, 0.2) is 30.5 Å². The van der Waals surface area contributed by atoms with Gasteiger partial charge < -0.3 is 15.4 Å². The van der Waals surface area contributed by atoms with Gasteiger partial charge in [-0.25, -0.2) is 0 Å². The maximum Gasteiger partial charge on any atom is 0.239 e. The SMILES string of the molecule is COCCNC(=O)CNc1nncc2ccccc12. The Bertz CT molecular complexity index is 554. The highest BCUT2D eigenvalue weighted by Gasteiger charge is 2.05. The van der Waals surface area contributed by atoms with Gasteiger partial charge in [-0.3, -0.25) is 4.79 Å². The molecule has 6 nitrogen and oxygen atoms in total. The van der Waals surface area contributed by atoms with Gasteiger partial charge in [0.2, 0.25) is 5.91 Å². The zero-order valence-electron chi connectivity index (χ0n) is 10.7. The molecule has 1 aromatic carbocycles. The number of nitrogens with one attached hydrogen (secondary N) is 2. The normalized spacial score (nSPS) is 10.4. The molecule has 1 heterocycles. The summed E-state index contributed by atoms with van der Waals surface area (Å²) in [7, 11) is 1.59. The van der Waals surface area contributed by atoms with E-state index in [1.54, 1.807) is 13.3 Å². The minimum atomic E-state index is -0.105. The number of carbonyl (C=O) groups excluding carboxylic acids is 1. The third kappa shape index (κ3) is 3.62. The van der Waals surface area contributed by atoms with E-state index in [9.17, 15) is 4.79 Å². The molecular weight excluding hydrogens is 244 g/mol. The van der Waals surface area contributed by atoms with Gasteiger partial charge in [-0.2, -0.15) is 5.10 Å². The Morgan fingerprint density at radius 2 is 2.21 bits per heavy atom. The van der Waals surface area contributed by atoms with Crippen LogP contribution in [0.1, 0.15) is 0 Å². The van der Waals surface area contributed by atoms with Crippen LogP contribution in [0.4, 0.5) is 5.82 Å². The molecule has 0 unspecified atom stereocenters. The first-order valence-corrected chi connectivity index (χ1v) is 6.01. The molecule has 0 bridgehead atoms. The molecule has 0 aliphatic carbocycles. The molecule has 0 saturated carbocycles. The van der Waals surface area contributed by atoms with Crippen LogP contribution >= 0.6 is 0 Å². The largest absolute Gasteiger partial charge is 0.383 e. The Morgan fingerprint density at radius 1 is 1.37 bits per heavy atom. The van der Waals surface area contributed by atoms with E-state index in [1.165, 1.54) is 0 Å². The number of anilines is 1. The van der Waals surface area contributed by atoms with E-state index in [1.807, 2.05) is 24.3 Å². The minimum Gasteiger partial charge on any atom is -0.383 e. The predicted octanol–water partition coefficient (Wildman–Crippen LogP) is 0.804. The van der Waals surface area contributed by atoms with Crippen LogP contribution < -0.4 is 10.6 Å². The first-order valence-electron chi connectivity index (χ1n) is 6.01. The van der Waals surface area contributed by atoms with E-state index in [0.29, 0.717) is 19.0 Å². The average Bonchev–Trinajstić information content (AvgIpc) is 2.45. The number of amides is 1. The first kappa shape index (κ1) is 13.2. The van der Waals surface area contributed by atoms with Crippen LogP contribution in [0.3, 0.4) is 0 Å². The number of nitrogens with zero attached hydrogens (tertiary/aromatic N) is 2. The molecule has 0 fully saturated rings. The lowest BCUT2D eigenvalue weighted by Crippen LogP contribution is -2.32. The molecule has 2 rings (SSSR count). The van der Waals surface area contributed by atoms with Crippen molar-refractivity contribution in [1.82, 2.24) is 15.5 Å². The van der Waals surface area contributed by atoms with Crippen molar-refractivity contribution in [3.8, 4) is 0 Å². The third-order valence-corrected chi connectivity index (χ3v) is 2.62. The summed E-state index contributed by atoms with van der Waals surface area (Å²) in [6, 6.07) is 7.75. The van der Waals surface area contributed by atoms with E-state index in [4.69, 9.17) is 4.74 Å². The van der Waals surface area contributed by atoms with Crippen molar-refractivity contribution in [2.45, 2.75) is 0 Å². The van der Waals surface area contributed by atoms with Gasteiger partial charge in [-0.1, -0.05) is 24.3 Å². The van der Waals surface area contributed by atoms with Gasteiger partial charge in [0.15, 0.2) is 5.82 Å². The molecule has 0 spiro atoms. The molecule has 0 saturated heterocycles. The molecule has 1 aromatic heterocycles. The van der Waals surface area contributed by atoms with Crippen LogP contribution in [0.25, 0.3) is 10.8 Å². The number of aromatic nitrogens is 2. The molecular formula is C13H16N4O2. The summed E-state index contributed by atoms with van der Waals surface area (Å²) in [5, 5.41) is 15.6. The maximum atomic E-state index is 11.5. The van der Waals surface area contributed by atoms with Gasteiger partial charge in [0.05, 0.1) is 19.3 Å². The van der Waals surface area contributed by atoms with Crippen LogP contribution in [0, 0.1) is 0 Å². The summed E-state index contributed by atoms with van der Waals surface area (Å²) in [5.41, 5.74) is 0. The standard InChI is InChI=1S/C13H16N4O2/c1-19-7-6-14-12(18)9-15-13-11-5-3-2-4-10(11)8-16-17-13/h2-5,8H,6-7,9H2,1H3,(H,14,18)(H,15,17). The van der Waals surface area contributed by atoms with Crippen LogP contribution in [0.5, 0.6) is 0 Å². The third-order valence-electron chi connectivity index (χ3n) is 2.62. The van der Waals surface area contributed by atoms with Gasteiger partial charge in [0.1, 0.15) is 0 Å². The van der Waals surface area contributed by atoms with Crippen LogP contribution in [-0.4, -0.2) is 42.9 Å². The van der Waals surface area contributed by atoms with Gasteiger partial charge >= 0.3 is 0 Å². The van der Waals surface area contributed by atoms with E-state index in [0.717, 1.165) is 10.8 Å². The van der Waals surface area contributed by atoms with Crippen molar-refractivity contribution in [3.63, 3.8) is 0 Å². The summed E-state index contributed by atoms with van der Waals surface area (Å²) < 4.78 is 4.86. The fraction of sp³-hybridized carbons (Fsp3) is 0.308. The smallest absolute Gasteiger partial charge is 0.239 e. The number of hydrogen-bond acceptors (Lipinski definition) is 5. The monoisotopic (exact) mass is 260 g/mol. The van der Waals surface area contributed by atoms with E-state index in [-0.39, 0.29) is 12.5 Å². The maximum absolute atomic E-state index is 11.5. The Kier molecular flexibility index (Phi) is 4.63. The van der Waals surface area contributed by atoms with Crippen molar-refractivity contribution >= 4 is 22.5 Å². The van der Waals surface area contributed by atoms with E-state index in [2.05, 4.69) is 20.8 Å². The topological polar surface area (TPSA) is 76.1 Å². The molecule has 100 valence electrons. The molecule has 0 aliphatic heterocycles. The molecule has 1 amide bonds. The Hall–Kier alpha value is -2.21. The lowest BCUT2D eigenvalue weighted by atomic mass is 10.2. The quantitative estimate of drug-likeness (QED) is 0.751. The highest BCUT2D eigenvalue weighted by molar-refractivity contribution is 5.92. The first-order chi connectivity index (χ1) is 9.31. The van der Waals surface area contributed by atoms with Gasteiger partial charge in [0.25, 0.3) is 0 Å². The summed E-state index contributed by atoms with van der Waals surface area (Å²) in [5.74, 6) is 0.506. The number of methoxy groups -OCH3 is 1. The van der Waals surface area contributed by atoms with Gasteiger partial charge in [-0.05, 0) is 0 Å². The molecule has 6 heteroatoms. The van der Waals surface area contributed by atoms with Gasteiger partial charge in [0, 0.05) is 24.4 Å². The van der Waals surface area contributed by atoms with E-state index >= 15 is 0 Å². The zero-order chi connectivity index (χ0) is 13.5. The van der Waals surface area contributed by atoms with E-state index < -0.39 is 0 Å². The molecule has 0 aliphatic rings. The summed E-state index contributed by atoms with van der Waals surface area (Å²) in [6.07, 6.45) is 1.69. The second-order valence-electron chi connectivity index (χ2n) is 3.98. The lowest BCUT2D eigenvalue weighted by Gasteiger charge is -2.08. The highest BCUT2D eigenvalue weighted by Crippen LogP contribution is 2.18. The second-order valence-corrected chi connectivity index (χ2v) is 3.98. The predicted molar refractivity (Wildman–Crippen MR) is 72.9 cm³/mol. The number of carbonyl (C=O) groups is 1. The summed E-state index contributed by atoms with van der Waals surface area (Å²) in [6.45, 7) is 1.16. The van der Waals surface area contributed by atoms with Gasteiger partial charge in [-0.15, -0.1) is 5.10 Å². The van der Waals surface area contributed by atoms with Crippen LogP contribution in [0.2, 0.25) is 0 Å². The molecule has 19 heavy (non-hydrogen) atoms. The zero-order valence-corrected chi connectivity index (χ0v) is 10.7. The van der Waals surface area contributed by atoms with Crippen molar-refractivity contribution in [2.24, 2.45) is 0 Å². The number of rotatable bonds is 6. The highest BCUT2D eigenvalue weighted by atomic mass is 16.5. The minimum absolute atomic E-state index is 0.105.